The molecule has 2 rings (SSSR count). The summed E-state index contributed by atoms with van der Waals surface area (Å²) >= 11 is 11.7. The first-order chi connectivity index (χ1) is 7.59. The van der Waals surface area contributed by atoms with Gasteiger partial charge in [-0.25, -0.2) is 4.79 Å². The van der Waals surface area contributed by atoms with Crippen molar-refractivity contribution in [3.63, 3.8) is 0 Å². The molecule has 0 atom stereocenters. The molecule has 0 aliphatic rings. The van der Waals surface area contributed by atoms with E-state index < -0.39 is 5.97 Å². The predicted molar refractivity (Wildman–Crippen MR) is 58.9 cm³/mol. The smallest absolute Gasteiger partial charge is 0.358 e. The molecule has 1 heterocycles. The number of aromatic carboxylic acids is 1. The fraction of sp³-hybridized carbons (Fsp3) is 0. The van der Waals surface area contributed by atoms with Crippen LogP contribution in [0.25, 0.3) is 11.1 Å². The van der Waals surface area contributed by atoms with Crippen molar-refractivity contribution < 1.29 is 14.4 Å². The summed E-state index contributed by atoms with van der Waals surface area (Å²) in [5, 5.41) is 13.1. The summed E-state index contributed by atoms with van der Waals surface area (Å²) in [5.41, 5.74) is 0.670. The highest BCUT2D eigenvalue weighted by Crippen LogP contribution is 2.32. The molecule has 4 nitrogen and oxygen atoms in total. The van der Waals surface area contributed by atoms with Gasteiger partial charge in [-0.1, -0.05) is 34.4 Å². The molecule has 0 saturated carbocycles. The van der Waals surface area contributed by atoms with Crippen LogP contribution in [0.4, 0.5) is 0 Å². The van der Waals surface area contributed by atoms with Gasteiger partial charge < -0.3 is 9.63 Å². The van der Waals surface area contributed by atoms with Crippen LogP contribution in [0.3, 0.4) is 0 Å². The highest BCUT2D eigenvalue weighted by Gasteiger charge is 2.18. The van der Waals surface area contributed by atoms with Gasteiger partial charge in [0.05, 0.1) is 10.6 Å². The number of halogens is 2. The first kappa shape index (κ1) is 11.0. The van der Waals surface area contributed by atoms with E-state index in [1.54, 1.807) is 12.1 Å². The highest BCUT2D eigenvalue weighted by atomic mass is 35.5. The van der Waals surface area contributed by atoms with Crippen molar-refractivity contribution in [3.8, 4) is 11.1 Å². The summed E-state index contributed by atoms with van der Waals surface area (Å²) in [5.74, 6) is -1.17. The van der Waals surface area contributed by atoms with Crippen molar-refractivity contribution in [3.05, 3.63) is 40.2 Å². The van der Waals surface area contributed by atoms with E-state index in [1.165, 1.54) is 12.3 Å². The summed E-state index contributed by atoms with van der Waals surface area (Å²) in [4.78, 5) is 10.8. The maximum absolute atomic E-state index is 10.8. The Morgan fingerprint density at radius 1 is 1.31 bits per heavy atom. The molecule has 1 N–H and O–H groups in total. The Balaban J connectivity index is 2.59. The first-order valence-electron chi connectivity index (χ1n) is 4.22. The zero-order chi connectivity index (χ0) is 11.7. The molecular weight excluding hydrogens is 253 g/mol. The van der Waals surface area contributed by atoms with E-state index in [9.17, 15) is 4.79 Å². The maximum Gasteiger partial charge on any atom is 0.358 e. The molecule has 0 unspecified atom stereocenters. The van der Waals surface area contributed by atoms with Crippen LogP contribution in [0.2, 0.25) is 10.0 Å². The molecule has 0 radical (unpaired) electrons. The SMILES string of the molecule is O=C(O)c1nocc1-c1ccc(Cl)cc1Cl. The lowest BCUT2D eigenvalue weighted by atomic mass is 10.1. The third-order valence-corrected chi connectivity index (χ3v) is 2.54. The number of hydrogen-bond donors (Lipinski definition) is 1. The third kappa shape index (κ3) is 1.89. The van der Waals surface area contributed by atoms with Crippen molar-refractivity contribution in [1.82, 2.24) is 5.16 Å². The number of carbonyl (C=O) groups is 1. The summed E-state index contributed by atoms with van der Waals surface area (Å²) in [6, 6.07) is 4.75. The third-order valence-electron chi connectivity index (χ3n) is 1.99. The molecule has 16 heavy (non-hydrogen) atoms. The van der Waals surface area contributed by atoms with Gasteiger partial charge in [0.15, 0.2) is 5.69 Å². The van der Waals surface area contributed by atoms with E-state index in [4.69, 9.17) is 28.3 Å². The number of benzene rings is 1. The van der Waals surface area contributed by atoms with Gasteiger partial charge in [-0.05, 0) is 12.1 Å². The predicted octanol–water partition coefficient (Wildman–Crippen LogP) is 3.35. The number of carboxylic acid groups (broad SMARTS) is 1. The fourth-order valence-corrected chi connectivity index (χ4v) is 1.80. The minimum atomic E-state index is -1.17. The fourth-order valence-electron chi connectivity index (χ4n) is 1.29. The van der Waals surface area contributed by atoms with Gasteiger partial charge in [-0.3, -0.25) is 0 Å². The lowest BCUT2D eigenvalue weighted by molar-refractivity contribution is 0.0686. The monoisotopic (exact) mass is 257 g/mol. The lowest BCUT2D eigenvalue weighted by Crippen LogP contribution is -1.98. The van der Waals surface area contributed by atoms with Crippen LogP contribution in [-0.2, 0) is 0 Å². The van der Waals surface area contributed by atoms with Crippen LogP contribution < -0.4 is 0 Å². The number of carboxylic acids is 1. The Morgan fingerprint density at radius 2 is 2.06 bits per heavy atom. The normalized spacial score (nSPS) is 10.4. The quantitative estimate of drug-likeness (QED) is 0.897. The van der Waals surface area contributed by atoms with E-state index in [0.717, 1.165) is 0 Å². The molecule has 0 saturated heterocycles. The molecule has 1 aromatic carbocycles. The minimum absolute atomic E-state index is 0.177. The second kappa shape index (κ2) is 4.15. The molecule has 0 aliphatic heterocycles. The van der Waals surface area contributed by atoms with Gasteiger partial charge in [0.2, 0.25) is 0 Å². The van der Waals surface area contributed by atoms with Crippen molar-refractivity contribution >= 4 is 29.2 Å². The number of aromatic nitrogens is 1. The van der Waals surface area contributed by atoms with E-state index >= 15 is 0 Å². The van der Waals surface area contributed by atoms with Gasteiger partial charge in [-0.2, -0.15) is 0 Å². The highest BCUT2D eigenvalue weighted by molar-refractivity contribution is 6.36. The summed E-state index contributed by atoms with van der Waals surface area (Å²) in [6.07, 6.45) is 1.23. The van der Waals surface area contributed by atoms with Gasteiger partial charge in [0, 0.05) is 10.6 Å². The summed E-state index contributed by atoms with van der Waals surface area (Å²) in [7, 11) is 0. The Labute approximate surface area is 100 Å². The number of nitrogens with zero attached hydrogens (tertiary/aromatic N) is 1. The van der Waals surface area contributed by atoms with E-state index in [1.807, 2.05) is 0 Å². The zero-order valence-electron chi connectivity index (χ0n) is 7.78. The molecule has 0 spiro atoms. The topological polar surface area (TPSA) is 63.3 Å². The van der Waals surface area contributed by atoms with Crippen molar-refractivity contribution in [1.29, 1.82) is 0 Å². The summed E-state index contributed by atoms with van der Waals surface area (Å²) < 4.78 is 4.62. The molecule has 0 aliphatic carbocycles. The van der Waals surface area contributed by atoms with Crippen LogP contribution >= 0.6 is 23.2 Å². The molecule has 0 bridgehead atoms. The molecule has 6 heteroatoms. The first-order valence-corrected chi connectivity index (χ1v) is 4.98. The maximum atomic E-state index is 10.8. The van der Waals surface area contributed by atoms with Crippen LogP contribution in [-0.4, -0.2) is 16.2 Å². The standard InChI is InChI=1S/C10H5Cl2NO3/c11-5-1-2-6(8(12)3-5)7-4-16-13-9(7)10(14)15/h1-4H,(H,14,15). The summed E-state index contributed by atoms with van der Waals surface area (Å²) in [6.45, 7) is 0. The van der Waals surface area contributed by atoms with Gasteiger partial charge in [-0.15, -0.1) is 0 Å². The Hall–Kier alpha value is -1.52. The van der Waals surface area contributed by atoms with E-state index in [-0.39, 0.29) is 5.69 Å². The largest absolute Gasteiger partial charge is 0.476 e. The molecule has 82 valence electrons. The van der Waals surface area contributed by atoms with Gasteiger partial charge >= 0.3 is 5.97 Å². The van der Waals surface area contributed by atoms with Gasteiger partial charge in [0.1, 0.15) is 6.26 Å². The van der Waals surface area contributed by atoms with Crippen LogP contribution in [0, 0.1) is 0 Å². The van der Waals surface area contributed by atoms with E-state index in [2.05, 4.69) is 9.68 Å². The Kier molecular flexibility index (Phi) is 2.85. The minimum Gasteiger partial charge on any atom is -0.476 e. The molecule has 0 fully saturated rings. The van der Waals surface area contributed by atoms with Crippen molar-refractivity contribution in [2.75, 3.05) is 0 Å². The van der Waals surface area contributed by atoms with Crippen LogP contribution in [0.15, 0.2) is 29.0 Å². The molecule has 1 aromatic heterocycles. The number of rotatable bonds is 2. The average molecular weight is 258 g/mol. The van der Waals surface area contributed by atoms with Crippen LogP contribution in [0.5, 0.6) is 0 Å². The Bertz CT molecular complexity index is 551. The zero-order valence-corrected chi connectivity index (χ0v) is 9.29. The molecule has 0 amide bonds. The second-order valence-electron chi connectivity index (χ2n) is 3.01. The molecular formula is C10H5Cl2NO3. The Morgan fingerprint density at radius 3 is 2.69 bits per heavy atom. The van der Waals surface area contributed by atoms with Crippen molar-refractivity contribution in [2.24, 2.45) is 0 Å². The molecule has 2 aromatic rings. The van der Waals surface area contributed by atoms with Crippen molar-refractivity contribution in [2.45, 2.75) is 0 Å². The lowest BCUT2D eigenvalue weighted by Gasteiger charge is -2.01. The van der Waals surface area contributed by atoms with Gasteiger partial charge in [0.25, 0.3) is 0 Å². The number of hydrogen-bond acceptors (Lipinski definition) is 3. The second-order valence-corrected chi connectivity index (χ2v) is 3.85. The van der Waals surface area contributed by atoms with E-state index in [0.29, 0.717) is 21.2 Å². The average Bonchev–Trinajstić information content (AvgIpc) is 2.66. The van der Waals surface area contributed by atoms with Crippen LogP contribution in [0.1, 0.15) is 10.5 Å².